The summed E-state index contributed by atoms with van der Waals surface area (Å²) >= 11 is 0. The summed E-state index contributed by atoms with van der Waals surface area (Å²) in [6.07, 6.45) is -5.35. The minimum atomic E-state index is -1.55. The number of rotatable bonds is 6. The molecule has 3 aromatic rings. The first-order valence-electron chi connectivity index (χ1n) is 10.1. The number of benzene rings is 2. The van der Waals surface area contributed by atoms with Crippen LogP contribution in [0, 0.1) is 0 Å². The van der Waals surface area contributed by atoms with Crippen LogP contribution in [-0.2, 0) is 4.74 Å². The van der Waals surface area contributed by atoms with Crippen LogP contribution in [0.2, 0.25) is 0 Å². The second kappa shape index (κ2) is 8.89. The van der Waals surface area contributed by atoms with Gasteiger partial charge in [-0.05, 0) is 31.2 Å². The molecule has 4 N–H and O–H groups in total. The van der Waals surface area contributed by atoms with E-state index in [1.807, 2.05) is 18.2 Å². The number of methoxy groups -OCH3 is 1. The van der Waals surface area contributed by atoms with Crippen LogP contribution in [0.25, 0.3) is 16.6 Å². The maximum Gasteiger partial charge on any atom is 0.229 e. The molecule has 1 aromatic heterocycles. The molecule has 2 heterocycles. The van der Waals surface area contributed by atoms with Crippen molar-refractivity contribution in [1.82, 2.24) is 4.57 Å². The summed E-state index contributed by atoms with van der Waals surface area (Å²) in [5.41, 5.74) is 1.78. The normalized spacial score (nSPS) is 25.6. The Morgan fingerprint density at radius 3 is 2.53 bits per heavy atom. The van der Waals surface area contributed by atoms with E-state index in [0.717, 1.165) is 5.52 Å². The first-order chi connectivity index (χ1) is 15.3. The van der Waals surface area contributed by atoms with Gasteiger partial charge in [-0.15, -0.1) is 0 Å². The first-order valence-corrected chi connectivity index (χ1v) is 10.1. The van der Waals surface area contributed by atoms with Gasteiger partial charge in [0, 0.05) is 17.0 Å². The highest BCUT2D eigenvalue weighted by atomic mass is 16.7. The number of aliphatic hydroxyl groups is 4. The summed E-state index contributed by atoms with van der Waals surface area (Å²) < 4.78 is 18.5. The number of carbonyl (C=O) groups is 1. The van der Waals surface area contributed by atoms with Gasteiger partial charge in [-0.3, -0.25) is 4.79 Å². The molecule has 0 unspecified atom stereocenters. The molecule has 1 aliphatic heterocycles. The average molecular weight is 443 g/mol. The molecule has 0 spiro atoms. The molecular weight excluding hydrogens is 418 g/mol. The van der Waals surface area contributed by atoms with Crippen molar-refractivity contribution >= 4 is 16.7 Å². The van der Waals surface area contributed by atoms with E-state index in [0.29, 0.717) is 28.1 Å². The zero-order valence-corrected chi connectivity index (χ0v) is 17.6. The van der Waals surface area contributed by atoms with Crippen LogP contribution < -0.4 is 9.47 Å². The Balaban J connectivity index is 1.79. The molecule has 0 saturated carbocycles. The van der Waals surface area contributed by atoms with E-state index in [4.69, 9.17) is 14.2 Å². The summed E-state index contributed by atoms with van der Waals surface area (Å²) in [5, 5.41) is 40.5. The molecule has 0 aliphatic carbocycles. The van der Waals surface area contributed by atoms with Crippen LogP contribution in [0.3, 0.4) is 0 Å². The molecule has 9 nitrogen and oxygen atoms in total. The molecule has 32 heavy (non-hydrogen) atoms. The van der Waals surface area contributed by atoms with E-state index >= 15 is 0 Å². The van der Waals surface area contributed by atoms with E-state index < -0.39 is 37.3 Å². The summed E-state index contributed by atoms with van der Waals surface area (Å²) in [6, 6.07) is 12.4. The zero-order chi connectivity index (χ0) is 23.0. The Hall–Kier alpha value is -2.95. The average Bonchev–Trinajstić information content (AvgIpc) is 3.17. The number of para-hydroxylation sites is 1. The highest BCUT2D eigenvalue weighted by molar-refractivity contribution is 5.99. The van der Waals surface area contributed by atoms with Crippen LogP contribution in [0.15, 0.2) is 48.7 Å². The van der Waals surface area contributed by atoms with Crippen molar-refractivity contribution < 1.29 is 39.4 Å². The third-order valence-corrected chi connectivity index (χ3v) is 5.61. The fourth-order valence-electron chi connectivity index (χ4n) is 3.87. The van der Waals surface area contributed by atoms with Crippen molar-refractivity contribution in [1.29, 1.82) is 0 Å². The van der Waals surface area contributed by atoms with Crippen LogP contribution in [-0.4, -0.2) is 75.2 Å². The van der Waals surface area contributed by atoms with Crippen molar-refractivity contribution in [2.45, 2.75) is 37.6 Å². The highest BCUT2D eigenvalue weighted by Gasteiger charge is 2.45. The van der Waals surface area contributed by atoms with Crippen molar-refractivity contribution in [3.05, 3.63) is 54.2 Å². The number of nitrogens with zero attached hydrogens (tertiary/aromatic N) is 1. The summed E-state index contributed by atoms with van der Waals surface area (Å²) in [4.78, 5) is 12.3. The molecule has 0 bridgehead atoms. The number of aliphatic hydroxyl groups excluding tert-OH is 4. The molecule has 1 fully saturated rings. The number of hydrogen-bond donors (Lipinski definition) is 4. The fraction of sp³-hybridized carbons (Fsp3) is 0.348. The molecule has 0 radical (unpaired) electrons. The summed E-state index contributed by atoms with van der Waals surface area (Å²) in [6.45, 7) is 0.917. The molecular formula is C23H25NO8. The van der Waals surface area contributed by atoms with Gasteiger partial charge in [0.15, 0.2) is 5.78 Å². The quantitative estimate of drug-likeness (QED) is 0.416. The molecule has 1 saturated heterocycles. The van der Waals surface area contributed by atoms with Crippen LogP contribution >= 0.6 is 0 Å². The van der Waals surface area contributed by atoms with Gasteiger partial charge in [0.2, 0.25) is 6.29 Å². The SMILES string of the molecule is COc1ccc(C(C)=O)c(-n2cc(O[C@H]3O[C@H](CO)[C@H](O)[C@H](O)[C@H]3O)c3ccccc32)c1. The lowest BCUT2D eigenvalue weighted by Crippen LogP contribution is -2.60. The Morgan fingerprint density at radius 1 is 1.09 bits per heavy atom. The number of aromatic nitrogens is 1. The van der Waals surface area contributed by atoms with Gasteiger partial charge in [-0.2, -0.15) is 0 Å². The smallest absolute Gasteiger partial charge is 0.229 e. The van der Waals surface area contributed by atoms with Crippen molar-refractivity contribution in [2.75, 3.05) is 13.7 Å². The minimum absolute atomic E-state index is 0.128. The van der Waals surface area contributed by atoms with Gasteiger partial charge in [-0.1, -0.05) is 12.1 Å². The van der Waals surface area contributed by atoms with E-state index in [2.05, 4.69) is 0 Å². The Bertz CT molecular complexity index is 1120. The number of carbonyl (C=O) groups excluding carboxylic acids is 1. The van der Waals surface area contributed by atoms with Crippen LogP contribution in [0.5, 0.6) is 11.5 Å². The fourth-order valence-corrected chi connectivity index (χ4v) is 3.87. The van der Waals surface area contributed by atoms with E-state index in [1.54, 1.807) is 35.0 Å². The van der Waals surface area contributed by atoms with Gasteiger partial charge in [0.1, 0.15) is 35.9 Å². The lowest BCUT2D eigenvalue weighted by atomic mass is 9.99. The lowest BCUT2D eigenvalue weighted by molar-refractivity contribution is -0.277. The third kappa shape index (κ3) is 3.85. The predicted octanol–water partition coefficient (Wildman–Crippen LogP) is 1.02. The number of hydrogen-bond acceptors (Lipinski definition) is 8. The molecule has 5 atom stereocenters. The molecule has 0 amide bonds. The lowest BCUT2D eigenvalue weighted by Gasteiger charge is -2.39. The van der Waals surface area contributed by atoms with Crippen LogP contribution in [0.4, 0.5) is 0 Å². The second-order valence-electron chi connectivity index (χ2n) is 7.63. The Kier molecular flexibility index (Phi) is 6.18. The third-order valence-electron chi connectivity index (χ3n) is 5.61. The summed E-state index contributed by atoms with van der Waals surface area (Å²) in [5.74, 6) is 0.762. The maximum atomic E-state index is 12.3. The standard InChI is InChI=1S/C23H25NO8/c1-12(26)14-8-7-13(30-2)9-17(14)24-10-18(15-5-3-4-6-16(15)24)31-23-22(29)21(28)20(27)19(11-25)32-23/h3-10,19-23,25,27-29H,11H2,1-2H3/t19-,20+,21+,22-,23+/m1/s1. The van der Waals surface area contributed by atoms with E-state index in [-0.39, 0.29) is 5.78 Å². The topological polar surface area (TPSA) is 131 Å². The van der Waals surface area contributed by atoms with Gasteiger partial charge in [-0.25, -0.2) is 0 Å². The van der Waals surface area contributed by atoms with Crippen molar-refractivity contribution in [3.63, 3.8) is 0 Å². The van der Waals surface area contributed by atoms with Gasteiger partial charge in [0.05, 0.1) is 31.1 Å². The number of Topliss-reactive ketones (excluding diaryl/α,β-unsaturated/α-hetero) is 1. The summed E-state index contributed by atoms with van der Waals surface area (Å²) in [7, 11) is 1.54. The number of ether oxygens (including phenoxy) is 3. The zero-order valence-electron chi connectivity index (χ0n) is 17.6. The van der Waals surface area contributed by atoms with E-state index in [9.17, 15) is 25.2 Å². The first kappa shape index (κ1) is 22.3. The molecule has 170 valence electrons. The molecule has 2 aromatic carbocycles. The Labute approximate surface area is 184 Å². The minimum Gasteiger partial charge on any atom is -0.497 e. The van der Waals surface area contributed by atoms with E-state index in [1.165, 1.54) is 14.0 Å². The molecule has 9 heteroatoms. The maximum absolute atomic E-state index is 12.3. The van der Waals surface area contributed by atoms with Crippen LogP contribution in [0.1, 0.15) is 17.3 Å². The monoisotopic (exact) mass is 443 g/mol. The highest BCUT2D eigenvalue weighted by Crippen LogP contribution is 2.35. The Morgan fingerprint density at radius 2 is 1.84 bits per heavy atom. The van der Waals surface area contributed by atoms with Gasteiger partial charge < -0.3 is 39.2 Å². The molecule has 4 rings (SSSR count). The largest absolute Gasteiger partial charge is 0.497 e. The van der Waals surface area contributed by atoms with Crippen molar-refractivity contribution in [2.24, 2.45) is 0 Å². The molecule has 1 aliphatic rings. The predicted molar refractivity (Wildman–Crippen MR) is 114 cm³/mol. The second-order valence-corrected chi connectivity index (χ2v) is 7.63. The number of ketones is 1. The van der Waals surface area contributed by atoms with Gasteiger partial charge >= 0.3 is 0 Å². The van der Waals surface area contributed by atoms with Crippen molar-refractivity contribution in [3.8, 4) is 17.2 Å². The number of fused-ring (bicyclic) bond motifs is 1. The van der Waals surface area contributed by atoms with Gasteiger partial charge in [0.25, 0.3) is 0 Å².